The van der Waals surface area contributed by atoms with Crippen molar-refractivity contribution in [2.75, 3.05) is 18.2 Å². The van der Waals surface area contributed by atoms with Gasteiger partial charge in [-0.25, -0.2) is 0 Å². The van der Waals surface area contributed by atoms with E-state index >= 15 is 0 Å². The summed E-state index contributed by atoms with van der Waals surface area (Å²) < 4.78 is 5.06. The predicted octanol–water partition coefficient (Wildman–Crippen LogP) is 1.92. The molecule has 5 heteroatoms. The molecule has 0 spiro atoms. The molecule has 92 valence electrons. The number of nitrogens with one attached hydrogen (secondary N) is 1. The van der Waals surface area contributed by atoms with Gasteiger partial charge in [0.2, 0.25) is 0 Å². The second kappa shape index (κ2) is 5.18. The van der Waals surface area contributed by atoms with Crippen molar-refractivity contribution < 1.29 is 9.53 Å². The molecule has 0 aliphatic carbocycles. The first kappa shape index (κ1) is 11.9. The average molecular weight is 243 g/mol. The maximum absolute atomic E-state index is 12.0. The number of nitrogens with two attached hydrogens (primary N) is 1. The third kappa shape index (κ3) is 2.76. The molecule has 2 rings (SSSR count). The van der Waals surface area contributed by atoms with Gasteiger partial charge in [-0.15, -0.1) is 0 Å². The number of methoxy groups -OCH3 is 1. The molecule has 5 nitrogen and oxygen atoms in total. The van der Waals surface area contributed by atoms with Crippen LogP contribution in [-0.4, -0.2) is 18.0 Å². The van der Waals surface area contributed by atoms with Gasteiger partial charge >= 0.3 is 0 Å². The SMILES string of the molecule is COc1cc(N)cc(C(=O)Nc2cccnc2)c1. The van der Waals surface area contributed by atoms with E-state index in [9.17, 15) is 4.79 Å². The van der Waals surface area contributed by atoms with Gasteiger partial charge in [-0.05, 0) is 24.3 Å². The average Bonchev–Trinajstić information content (AvgIpc) is 2.39. The van der Waals surface area contributed by atoms with Gasteiger partial charge < -0.3 is 15.8 Å². The normalized spacial score (nSPS) is 9.83. The minimum Gasteiger partial charge on any atom is -0.497 e. The smallest absolute Gasteiger partial charge is 0.255 e. The molecule has 3 N–H and O–H groups in total. The van der Waals surface area contributed by atoms with Crippen LogP contribution < -0.4 is 15.8 Å². The van der Waals surface area contributed by atoms with Crippen LogP contribution in [0.2, 0.25) is 0 Å². The van der Waals surface area contributed by atoms with Gasteiger partial charge in [0.1, 0.15) is 5.75 Å². The number of amides is 1. The summed E-state index contributed by atoms with van der Waals surface area (Å²) in [5, 5.41) is 2.72. The van der Waals surface area contributed by atoms with Crippen LogP contribution in [0.4, 0.5) is 11.4 Å². The monoisotopic (exact) mass is 243 g/mol. The Morgan fingerprint density at radius 3 is 2.89 bits per heavy atom. The van der Waals surface area contributed by atoms with Crippen molar-refractivity contribution in [2.24, 2.45) is 0 Å². The Labute approximate surface area is 105 Å². The zero-order valence-corrected chi connectivity index (χ0v) is 9.88. The Kier molecular flexibility index (Phi) is 3.43. The lowest BCUT2D eigenvalue weighted by molar-refractivity contribution is 0.102. The van der Waals surface area contributed by atoms with Gasteiger partial charge in [0.15, 0.2) is 0 Å². The van der Waals surface area contributed by atoms with Crippen molar-refractivity contribution in [3.8, 4) is 5.75 Å². The summed E-state index contributed by atoms with van der Waals surface area (Å²) in [6.07, 6.45) is 3.21. The number of rotatable bonds is 3. The number of aromatic nitrogens is 1. The lowest BCUT2D eigenvalue weighted by Crippen LogP contribution is -2.12. The second-order valence-electron chi connectivity index (χ2n) is 3.69. The molecule has 2 aromatic rings. The van der Waals surface area contributed by atoms with Gasteiger partial charge in [-0.2, -0.15) is 0 Å². The fourth-order valence-electron chi connectivity index (χ4n) is 1.51. The van der Waals surface area contributed by atoms with E-state index in [-0.39, 0.29) is 5.91 Å². The first-order valence-corrected chi connectivity index (χ1v) is 5.35. The Bertz CT molecular complexity index is 555. The van der Waals surface area contributed by atoms with E-state index in [1.165, 1.54) is 7.11 Å². The molecular weight excluding hydrogens is 230 g/mol. The molecule has 1 aromatic heterocycles. The minimum atomic E-state index is -0.256. The van der Waals surface area contributed by atoms with Crippen LogP contribution in [0.3, 0.4) is 0 Å². The molecule has 0 aliphatic heterocycles. The molecule has 0 fully saturated rings. The van der Waals surface area contributed by atoms with E-state index in [1.54, 1.807) is 42.7 Å². The van der Waals surface area contributed by atoms with Gasteiger partial charge in [0.25, 0.3) is 5.91 Å². The summed E-state index contributed by atoms with van der Waals surface area (Å²) in [6.45, 7) is 0. The van der Waals surface area contributed by atoms with Crippen LogP contribution in [0.15, 0.2) is 42.7 Å². The van der Waals surface area contributed by atoms with E-state index in [2.05, 4.69) is 10.3 Å². The number of nitrogen functional groups attached to an aromatic ring is 1. The van der Waals surface area contributed by atoms with E-state index in [0.29, 0.717) is 22.7 Å². The molecule has 0 unspecified atom stereocenters. The lowest BCUT2D eigenvalue weighted by Gasteiger charge is -2.07. The van der Waals surface area contributed by atoms with Gasteiger partial charge in [-0.1, -0.05) is 0 Å². The Hall–Kier alpha value is -2.56. The molecule has 0 saturated carbocycles. The predicted molar refractivity (Wildman–Crippen MR) is 69.6 cm³/mol. The molecule has 1 heterocycles. The summed E-state index contributed by atoms with van der Waals surface area (Å²) in [5.41, 5.74) is 7.24. The maximum atomic E-state index is 12.0. The number of hydrogen-bond acceptors (Lipinski definition) is 4. The standard InChI is InChI=1S/C13H13N3O2/c1-18-12-6-9(5-10(14)7-12)13(17)16-11-3-2-4-15-8-11/h2-8H,14H2,1H3,(H,16,17). The highest BCUT2D eigenvalue weighted by Crippen LogP contribution is 2.19. The number of anilines is 2. The van der Waals surface area contributed by atoms with Gasteiger partial charge in [-0.3, -0.25) is 9.78 Å². The number of carbonyl (C=O) groups excluding carboxylic acids is 1. The second-order valence-corrected chi connectivity index (χ2v) is 3.69. The van der Waals surface area contributed by atoms with Gasteiger partial charge in [0.05, 0.1) is 19.0 Å². The van der Waals surface area contributed by atoms with Crippen LogP contribution in [0.5, 0.6) is 5.75 Å². The lowest BCUT2D eigenvalue weighted by atomic mass is 10.1. The van der Waals surface area contributed by atoms with Crippen molar-refractivity contribution in [2.45, 2.75) is 0 Å². The van der Waals surface area contributed by atoms with Crippen LogP contribution >= 0.6 is 0 Å². The highest BCUT2D eigenvalue weighted by atomic mass is 16.5. The molecule has 0 atom stereocenters. The van der Waals surface area contributed by atoms with Crippen LogP contribution in [0.25, 0.3) is 0 Å². The van der Waals surface area contributed by atoms with Gasteiger partial charge in [0, 0.05) is 23.5 Å². The Morgan fingerprint density at radius 2 is 2.22 bits per heavy atom. The number of pyridine rings is 1. The minimum absolute atomic E-state index is 0.256. The van der Waals surface area contributed by atoms with E-state index in [1.807, 2.05) is 0 Å². The van der Waals surface area contributed by atoms with Crippen molar-refractivity contribution in [3.63, 3.8) is 0 Å². The van der Waals surface area contributed by atoms with Crippen molar-refractivity contribution in [1.29, 1.82) is 0 Å². The van der Waals surface area contributed by atoms with Crippen molar-refractivity contribution in [3.05, 3.63) is 48.3 Å². The quantitative estimate of drug-likeness (QED) is 0.807. The first-order chi connectivity index (χ1) is 8.69. The van der Waals surface area contributed by atoms with Crippen molar-refractivity contribution >= 4 is 17.3 Å². The molecule has 18 heavy (non-hydrogen) atoms. The summed E-state index contributed by atoms with van der Waals surface area (Å²) in [7, 11) is 1.53. The summed E-state index contributed by atoms with van der Waals surface area (Å²) in [6, 6.07) is 8.38. The molecule has 0 aliphatic rings. The first-order valence-electron chi connectivity index (χ1n) is 5.35. The highest BCUT2D eigenvalue weighted by molar-refractivity contribution is 6.05. The molecule has 0 bridgehead atoms. The number of carbonyl (C=O) groups is 1. The fraction of sp³-hybridized carbons (Fsp3) is 0.0769. The number of benzene rings is 1. The largest absolute Gasteiger partial charge is 0.497 e. The van der Waals surface area contributed by atoms with E-state index in [0.717, 1.165) is 0 Å². The Morgan fingerprint density at radius 1 is 1.39 bits per heavy atom. The van der Waals surface area contributed by atoms with Crippen LogP contribution in [-0.2, 0) is 0 Å². The van der Waals surface area contributed by atoms with E-state index < -0.39 is 0 Å². The summed E-state index contributed by atoms with van der Waals surface area (Å²) >= 11 is 0. The topological polar surface area (TPSA) is 77.2 Å². The number of ether oxygens (including phenoxy) is 1. The zero-order chi connectivity index (χ0) is 13.0. The van der Waals surface area contributed by atoms with E-state index in [4.69, 9.17) is 10.5 Å². The molecule has 1 aromatic carbocycles. The molecule has 0 radical (unpaired) electrons. The van der Waals surface area contributed by atoms with Crippen LogP contribution in [0.1, 0.15) is 10.4 Å². The van der Waals surface area contributed by atoms with Crippen molar-refractivity contribution in [1.82, 2.24) is 4.98 Å². The third-order valence-electron chi connectivity index (χ3n) is 2.35. The highest BCUT2D eigenvalue weighted by Gasteiger charge is 2.08. The fourth-order valence-corrected chi connectivity index (χ4v) is 1.51. The van der Waals surface area contributed by atoms with Crippen LogP contribution in [0, 0.1) is 0 Å². The molecule has 1 amide bonds. The molecular formula is C13H13N3O2. The molecule has 0 saturated heterocycles. The third-order valence-corrected chi connectivity index (χ3v) is 2.35. The summed E-state index contributed by atoms with van der Waals surface area (Å²) in [4.78, 5) is 15.9. The number of nitrogens with zero attached hydrogens (tertiary/aromatic N) is 1. The summed E-state index contributed by atoms with van der Waals surface area (Å²) in [5.74, 6) is 0.292. The number of hydrogen-bond donors (Lipinski definition) is 2. The zero-order valence-electron chi connectivity index (χ0n) is 9.88. The maximum Gasteiger partial charge on any atom is 0.255 e. The Balaban J connectivity index is 2.21.